The van der Waals surface area contributed by atoms with Crippen LogP contribution in [0.4, 0.5) is 0 Å². The van der Waals surface area contributed by atoms with Crippen LogP contribution in [-0.2, 0) is 0 Å². The first-order valence-corrected chi connectivity index (χ1v) is 5.35. The minimum atomic E-state index is 0.0475. The maximum Gasteiger partial charge on any atom is 0.211 e. The van der Waals surface area contributed by atoms with E-state index in [1.165, 1.54) is 6.26 Å². The van der Waals surface area contributed by atoms with Gasteiger partial charge in [-0.2, -0.15) is 0 Å². The zero-order chi connectivity index (χ0) is 11.3. The maximum absolute atomic E-state index is 11.6. The minimum absolute atomic E-state index is 0.0475. The summed E-state index contributed by atoms with van der Waals surface area (Å²) < 4.78 is 5.05. The summed E-state index contributed by atoms with van der Waals surface area (Å²) in [4.78, 5) is 13.7. The van der Waals surface area contributed by atoms with Gasteiger partial charge in [-0.05, 0) is 38.1 Å². The van der Waals surface area contributed by atoms with Crippen molar-refractivity contribution in [3.05, 3.63) is 24.2 Å². The number of hydrogen-bond donors (Lipinski definition) is 0. The van der Waals surface area contributed by atoms with Gasteiger partial charge in [0.1, 0.15) is 0 Å². The number of carbonyl (C=O) groups excluding carboxylic acids is 1. The number of carbonyl (C=O) groups is 1. The summed E-state index contributed by atoms with van der Waals surface area (Å²) in [7, 11) is 1.96. The molecule has 0 radical (unpaired) electrons. The molecule has 0 atom stereocenters. The van der Waals surface area contributed by atoms with Crippen molar-refractivity contribution in [2.24, 2.45) is 5.92 Å². The molecule has 0 unspecified atom stereocenters. The second kappa shape index (κ2) is 5.71. The van der Waals surface area contributed by atoms with Gasteiger partial charge in [-0.25, -0.2) is 0 Å². The van der Waals surface area contributed by atoms with E-state index in [-0.39, 0.29) is 5.78 Å². The van der Waals surface area contributed by atoms with E-state index >= 15 is 0 Å². The largest absolute Gasteiger partial charge is 0.461 e. The molecule has 0 saturated carbocycles. The second-order valence-electron chi connectivity index (χ2n) is 4.32. The van der Waals surface area contributed by atoms with E-state index in [0.717, 1.165) is 13.0 Å². The Hall–Kier alpha value is -1.09. The molecule has 1 aromatic rings. The van der Waals surface area contributed by atoms with E-state index < -0.39 is 0 Å². The lowest BCUT2D eigenvalue weighted by atomic mass is 10.1. The molecule has 3 heteroatoms. The van der Waals surface area contributed by atoms with Gasteiger partial charge in [-0.1, -0.05) is 13.8 Å². The molecule has 1 heterocycles. The lowest BCUT2D eigenvalue weighted by molar-refractivity contribution is 0.0916. The summed E-state index contributed by atoms with van der Waals surface area (Å²) in [6.45, 7) is 5.74. The minimum Gasteiger partial charge on any atom is -0.461 e. The van der Waals surface area contributed by atoms with Crippen molar-refractivity contribution in [2.45, 2.75) is 20.3 Å². The molecule has 0 aromatic carbocycles. The first kappa shape index (κ1) is 12.0. The van der Waals surface area contributed by atoms with E-state index in [1.54, 1.807) is 12.1 Å². The van der Waals surface area contributed by atoms with Crippen LogP contribution >= 0.6 is 0 Å². The predicted octanol–water partition coefficient (Wildman–Crippen LogP) is 2.44. The van der Waals surface area contributed by atoms with Gasteiger partial charge in [0.05, 0.1) is 12.8 Å². The Labute approximate surface area is 91.1 Å². The monoisotopic (exact) mass is 209 g/mol. The van der Waals surface area contributed by atoms with Crippen LogP contribution in [0.15, 0.2) is 22.8 Å². The SMILES string of the molecule is CC(C)CCN(C)CC(=O)c1ccco1. The Bertz CT molecular complexity index is 291. The number of ketones is 1. The predicted molar refractivity (Wildman–Crippen MR) is 60.0 cm³/mol. The van der Waals surface area contributed by atoms with Gasteiger partial charge in [0.25, 0.3) is 0 Å². The van der Waals surface area contributed by atoms with E-state index in [1.807, 2.05) is 11.9 Å². The van der Waals surface area contributed by atoms with Crippen molar-refractivity contribution in [1.29, 1.82) is 0 Å². The van der Waals surface area contributed by atoms with E-state index in [0.29, 0.717) is 18.2 Å². The normalized spacial score (nSPS) is 11.3. The fourth-order valence-electron chi connectivity index (χ4n) is 1.32. The Morgan fingerprint density at radius 1 is 1.53 bits per heavy atom. The average molecular weight is 209 g/mol. The Kier molecular flexibility index (Phi) is 4.56. The zero-order valence-electron chi connectivity index (χ0n) is 9.69. The molecule has 0 fully saturated rings. The summed E-state index contributed by atoms with van der Waals surface area (Å²) in [5, 5.41) is 0. The highest BCUT2D eigenvalue weighted by Crippen LogP contribution is 2.04. The standard InChI is InChI=1S/C12H19NO2/c1-10(2)6-7-13(3)9-11(14)12-5-4-8-15-12/h4-5,8,10H,6-7,9H2,1-3H3. The lowest BCUT2D eigenvalue weighted by Gasteiger charge is -2.16. The highest BCUT2D eigenvalue weighted by atomic mass is 16.3. The Morgan fingerprint density at radius 3 is 2.80 bits per heavy atom. The van der Waals surface area contributed by atoms with Crippen molar-refractivity contribution < 1.29 is 9.21 Å². The van der Waals surface area contributed by atoms with Crippen molar-refractivity contribution in [3.63, 3.8) is 0 Å². The first-order chi connectivity index (χ1) is 7.09. The number of Topliss-reactive ketones (excluding diaryl/α,β-unsaturated/α-hetero) is 1. The van der Waals surface area contributed by atoms with Crippen LogP contribution in [0.1, 0.15) is 30.8 Å². The molecule has 0 aliphatic carbocycles. The zero-order valence-corrected chi connectivity index (χ0v) is 9.69. The van der Waals surface area contributed by atoms with E-state index in [2.05, 4.69) is 13.8 Å². The van der Waals surface area contributed by atoms with Crippen LogP contribution < -0.4 is 0 Å². The fourth-order valence-corrected chi connectivity index (χ4v) is 1.32. The molecule has 0 aliphatic heterocycles. The average Bonchev–Trinajstić information content (AvgIpc) is 2.67. The number of rotatable bonds is 6. The number of furan rings is 1. The van der Waals surface area contributed by atoms with Gasteiger partial charge in [0, 0.05) is 0 Å². The molecule has 0 amide bonds. The molecule has 0 N–H and O–H groups in total. The van der Waals surface area contributed by atoms with Crippen LogP contribution in [-0.4, -0.2) is 30.8 Å². The molecule has 15 heavy (non-hydrogen) atoms. The van der Waals surface area contributed by atoms with Crippen molar-refractivity contribution in [1.82, 2.24) is 4.90 Å². The highest BCUT2D eigenvalue weighted by molar-refractivity contribution is 5.94. The Balaban J connectivity index is 2.32. The third kappa shape index (κ3) is 4.30. The summed E-state index contributed by atoms with van der Waals surface area (Å²) in [5.41, 5.74) is 0. The van der Waals surface area contributed by atoms with Crippen LogP contribution in [0.5, 0.6) is 0 Å². The topological polar surface area (TPSA) is 33.5 Å². The van der Waals surface area contributed by atoms with Crippen LogP contribution in [0, 0.1) is 5.92 Å². The molecule has 0 spiro atoms. The van der Waals surface area contributed by atoms with Gasteiger partial charge in [0.2, 0.25) is 5.78 Å². The molecule has 0 saturated heterocycles. The molecular weight excluding hydrogens is 190 g/mol. The van der Waals surface area contributed by atoms with E-state index in [9.17, 15) is 4.79 Å². The van der Waals surface area contributed by atoms with Crippen LogP contribution in [0.2, 0.25) is 0 Å². The molecule has 3 nitrogen and oxygen atoms in total. The van der Waals surface area contributed by atoms with Crippen molar-refractivity contribution in [2.75, 3.05) is 20.1 Å². The molecular formula is C12H19NO2. The molecule has 1 rings (SSSR count). The van der Waals surface area contributed by atoms with Gasteiger partial charge >= 0.3 is 0 Å². The third-order valence-electron chi connectivity index (χ3n) is 2.30. The van der Waals surface area contributed by atoms with Crippen LogP contribution in [0.25, 0.3) is 0 Å². The van der Waals surface area contributed by atoms with Crippen LogP contribution in [0.3, 0.4) is 0 Å². The molecule has 0 bridgehead atoms. The van der Waals surface area contributed by atoms with Crippen molar-refractivity contribution >= 4 is 5.78 Å². The number of nitrogens with zero attached hydrogens (tertiary/aromatic N) is 1. The molecule has 0 aliphatic rings. The van der Waals surface area contributed by atoms with Gasteiger partial charge in [-0.15, -0.1) is 0 Å². The second-order valence-corrected chi connectivity index (χ2v) is 4.32. The summed E-state index contributed by atoms with van der Waals surface area (Å²) >= 11 is 0. The highest BCUT2D eigenvalue weighted by Gasteiger charge is 2.11. The summed E-state index contributed by atoms with van der Waals surface area (Å²) in [5.74, 6) is 1.17. The van der Waals surface area contributed by atoms with Gasteiger partial charge in [-0.3, -0.25) is 9.69 Å². The van der Waals surface area contributed by atoms with Crippen molar-refractivity contribution in [3.8, 4) is 0 Å². The first-order valence-electron chi connectivity index (χ1n) is 5.35. The summed E-state index contributed by atoms with van der Waals surface area (Å²) in [6.07, 6.45) is 2.64. The maximum atomic E-state index is 11.6. The lowest BCUT2D eigenvalue weighted by Crippen LogP contribution is -2.27. The Morgan fingerprint density at radius 2 is 2.27 bits per heavy atom. The fraction of sp³-hybridized carbons (Fsp3) is 0.583. The number of hydrogen-bond acceptors (Lipinski definition) is 3. The molecule has 1 aromatic heterocycles. The number of likely N-dealkylation sites (N-methyl/N-ethyl adjacent to an activating group) is 1. The van der Waals surface area contributed by atoms with Gasteiger partial charge in [0.15, 0.2) is 5.76 Å². The van der Waals surface area contributed by atoms with E-state index in [4.69, 9.17) is 4.42 Å². The smallest absolute Gasteiger partial charge is 0.211 e. The quantitative estimate of drug-likeness (QED) is 0.675. The molecule has 84 valence electrons. The third-order valence-corrected chi connectivity index (χ3v) is 2.30. The summed E-state index contributed by atoms with van der Waals surface area (Å²) in [6, 6.07) is 3.44. The van der Waals surface area contributed by atoms with Gasteiger partial charge < -0.3 is 4.42 Å².